The van der Waals surface area contributed by atoms with Crippen LogP contribution in [0.4, 0.5) is 0 Å². The van der Waals surface area contributed by atoms with Crippen molar-refractivity contribution in [2.45, 2.75) is 23.6 Å². The molecule has 0 saturated carbocycles. The SMILES string of the molecule is CC(Sc1ccccc1C(=O)N(C)Cc1cnccn1)C(=O)O. The number of rotatable bonds is 6. The molecule has 0 aliphatic heterocycles. The van der Waals surface area contributed by atoms with Gasteiger partial charge in [0.15, 0.2) is 0 Å². The number of benzene rings is 1. The highest BCUT2D eigenvalue weighted by Gasteiger charge is 2.20. The lowest BCUT2D eigenvalue weighted by Gasteiger charge is -2.19. The third-order valence-corrected chi connectivity index (χ3v) is 4.30. The Morgan fingerprint density at radius 3 is 2.70 bits per heavy atom. The number of thioether (sulfide) groups is 1. The quantitative estimate of drug-likeness (QED) is 0.818. The molecule has 2 aromatic rings. The average Bonchev–Trinajstić information content (AvgIpc) is 2.55. The van der Waals surface area contributed by atoms with Gasteiger partial charge in [0, 0.05) is 24.3 Å². The van der Waals surface area contributed by atoms with E-state index >= 15 is 0 Å². The van der Waals surface area contributed by atoms with Gasteiger partial charge in [0.2, 0.25) is 0 Å². The van der Waals surface area contributed by atoms with Gasteiger partial charge in [-0.15, -0.1) is 11.8 Å². The first kappa shape index (κ1) is 17.0. The summed E-state index contributed by atoms with van der Waals surface area (Å²) in [5.74, 6) is -1.10. The van der Waals surface area contributed by atoms with Gasteiger partial charge in [0.25, 0.3) is 5.91 Å². The molecular weight excluding hydrogens is 314 g/mol. The molecule has 7 heteroatoms. The molecule has 0 saturated heterocycles. The average molecular weight is 331 g/mol. The van der Waals surface area contributed by atoms with E-state index in [2.05, 4.69) is 9.97 Å². The number of nitrogens with zero attached hydrogens (tertiary/aromatic N) is 3. The number of aliphatic carboxylic acids is 1. The second kappa shape index (κ2) is 7.73. The Morgan fingerprint density at radius 1 is 1.30 bits per heavy atom. The summed E-state index contributed by atoms with van der Waals surface area (Å²) in [5, 5.41) is 8.42. The highest BCUT2D eigenvalue weighted by atomic mass is 32.2. The van der Waals surface area contributed by atoms with Crippen molar-refractivity contribution in [3.63, 3.8) is 0 Å². The van der Waals surface area contributed by atoms with Gasteiger partial charge in [-0.3, -0.25) is 19.6 Å². The third kappa shape index (κ3) is 4.53. The number of carbonyl (C=O) groups excluding carboxylic acids is 1. The van der Waals surface area contributed by atoms with Crippen LogP contribution in [0.15, 0.2) is 47.8 Å². The summed E-state index contributed by atoms with van der Waals surface area (Å²) in [6.45, 7) is 1.93. The molecule has 0 aliphatic carbocycles. The zero-order valence-corrected chi connectivity index (χ0v) is 13.7. The molecule has 120 valence electrons. The first-order chi connectivity index (χ1) is 11.0. The van der Waals surface area contributed by atoms with Crippen LogP contribution >= 0.6 is 11.8 Å². The maximum atomic E-state index is 12.6. The van der Waals surface area contributed by atoms with Crippen LogP contribution in [0.2, 0.25) is 0 Å². The fourth-order valence-corrected chi connectivity index (χ4v) is 2.84. The van der Waals surface area contributed by atoms with E-state index in [0.717, 1.165) is 11.8 Å². The molecule has 0 spiro atoms. The van der Waals surface area contributed by atoms with E-state index in [9.17, 15) is 9.59 Å². The fraction of sp³-hybridized carbons (Fsp3) is 0.250. The normalized spacial score (nSPS) is 11.7. The molecule has 0 fully saturated rings. The number of hydrogen-bond acceptors (Lipinski definition) is 5. The van der Waals surface area contributed by atoms with E-state index in [0.29, 0.717) is 22.7 Å². The number of carboxylic acid groups (broad SMARTS) is 1. The minimum atomic E-state index is -0.912. The number of hydrogen-bond donors (Lipinski definition) is 1. The van der Waals surface area contributed by atoms with Crippen LogP contribution in [0.3, 0.4) is 0 Å². The molecule has 0 bridgehead atoms. The molecule has 1 aromatic heterocycles. The molecule has 1 N–H and O–H groups in total. The maximum Gasteiger partial charge on any atom is 0.316 e. The van der Waals surface area contributed by atoms with Gasteiger partial charge in [-0.25, -0.2) is 0 Å². The highest BCUT2D eigenvalue weighted by Crippen LogP contribution is 2.27. The minimum absolute atomic E-state index is 0.184. The molecular formula is C16H17N3O3S. The van der Waals surface area contributed by atoms with Gasteiger partial charge in [0.05, 0.1) is 24.0 Å². The topological polar surface area (TPSA) is 83.4 Å². The summed E-state index contributed by atoms with van der Waals surface area (Å²) in [4.78, 5) is 34.0. The molecule has 1 aromatic carbocycles. The summed E-state index contributed by atoms with van der Waals surface area (Å²) < 4.78 is 0. The van der Waals surface area contributed by atoms with Gasteiger partial charge in [-0.05, 0) is 19.1 Å². The molecule has 1 atom stereocenters. The van der Waals surface area contributed by atoms with E-state index in [-0.39, 0.29) is 5.91 Å². The molecule has 1 unspecified atom stereocenters. The van der Waals surface area contributed by atoms with Crippen molar-refractivity contribution >= 4 is 23.6 Å². The standard InChI is InChI=1S/C16H17N3O3S/c1-11(16(21)22)23-14-6-4-3-5-13(14)15(20)19(2)10-12-9-17-7-8-18-12/h3-9,11H,10H2,1-2H3,(H,21,22). The Morgan fingerprint density at radius 2 is 2.04 bits per heavy atom. The fourth-order valence-electron chi connectivity index (χ4n) is 1.92. The van der Waals surface area contributed by atoms with Crippen LogP contribution in [-0.2, 0) is 11.3 Å². The van der Waals surface area contributed by atoms with Gasteiger partial charge in [0.1, 0.15) is 5.25 Å². The van der Waals surface area contributed by atoms with Gasteiger partial charge >= 0.3 is 5.97 Å². The lowest BCUT2D eigenvalue weighted by molar-refractivity contribution is -0.136. The van der Waals surface area contributed by atoms with Crippen LogP contribution < -0.4 is 0 Å². The molecule has 6 nitrogen and oxygen atoms in total. The van der Waals surface area contributed by atoms with E-state index in [1.165, 1.54) is 4.90 Å². The molecule has 1 amide bonds. The summed E-state index contributed by atoms with van der Waals surface area (Å²) in [6, 6.07) is 7.01. The van der Waals surface area contributed by atoms with Crippen LogP contribution in [0, 0.1) is 0 Å². The van der Waals surface area contributed by atoms with Crippen molar-refractivity contribution in [1.29, 1.82) is 0 Å². The van der Waals surface area contributed by atoms with Crippen molar-refractivity contribution in [3.8, 4) is 0 Å². The van der Waals surface area contributed by atoms with Crippen molar-refractivity contribution in [2.24, 2.45) is 0 Å². The first-order valence-electron chi connectivity index (χ1n) is 6.98. The number of aromatic nitrogens is 2. The third-order valence-electron chi connectivity index (χ3n) is 3.13. The lowest BCUT2D eigenvalue weighted by atomic mass is 10.2. The first-order valence-corrected chi connectivity index (χ1v) is 7.86. The Bertz CT molecular complexity index is 694. The zero-order chi connectivity index (χ0) is 16.8. The molecule has 23 heavy (non-hydrogen) atoms. The van der Waals surface area contributed by atoms with E-state index in [1.54, 1.807) is 56.8 Å². The van der Waals surface area contributed by atoms with E-state index in [1.807, 2.05) is 0 Å². The number of carboxylic acids is 1. The Kier molecular flexibility index (Phi) is 5.70. The minimum Gasteiger partial charge on any atom is -0.480 e. The second-order valence-electron chi connectivity index (χ2n) is 4.95. The van der Waals surface area contributed by atoms with Crippen LogP contribution in [-0.4, -0.2) is 44.1 Å². The van der Waals surface area contributed by atoms with Crippen molar-refractivity contribution in [1.82, 2.24) is 14.9 Å². The van der Waals surface area contributed by atoms with Crippen molar-refractivity contribution in [3.05, 3.63) is 54.1 Å². The Labute approximate surface area is 138 Å². The smallest absolute Gasteiger partial charge is 0.316 e. The summed E-state index contributed by atoms with van der Waals surface area (Å²) in [5.41, 5.74) is 1.17. The second-order valence-corrected chi connectivity index (χ2v) is 6.34. The van der Waals surface area contributed by atoms with Crippen molar-refractivity contribution in [2.75, 3.05) is 7.05 Å². The maximum absolute atomic E-state index is 12.6. The molecule has 1 heterocycles. The predicted molar refractivity (Wildman–Crippen MR) is 87.2 cm³/mol. The summed E-state index contributed by atoms with van der Waals surface area (Å²) in [6.07, 6.45) is 4.76. The van der Waals surface area contributed by atoms with Crippen molar-refractivity contribution < 1.29 is 14.7 Å². The van der Waals surface area contributed by atoms with E-state index in [4.69, 9.17) is 5.11 Å². The number of carbonyl (C=O) groups is 2. The van der Waals surface area contributed by atoms with Gasteiger partial charge < -0.3 is 10.0 Å². The summed E-state index contributed by atoms with van der Waals surface area (Å²) in [7, 11) is 1.68. The zero-order valence-electron chi connectivity index (χ0n) is 12.8. The predicted octanol–water partition coefficient (Wildman–Crippen LogP) is 2.31. The molecule has 0 aliphatic rings. The molecule has 2 rings (SSSR count). The van der Waals surface area contributed by atoms with E-state index < -0.39 is 11.2 Å². The van der Waals surface area contributed by atoms with Crippen LogP contribution in [0.25, 0.3) is 0 Å². The van der Waals surface area contributed by atoms with Crippen LogP contribution in [0.1, 0.15) is 23.0 Å². The van der Waals surface area contributed by atoms with Gasteiger partial charge in [-0.1, -0.05) is 12.1 Å². The lowest BCUT2D eigenvalue weighted by Crippen LogP contribution is -2.27. The number of amides is 1. The highest BCUT2D eigenvalue weighted by molar-refractivity contribution is 8.00. The largest absolute Gasteiger partial charge is 0.480 e. The Balaban J connectivity index is 2.17. The monoisotopic (exact) mass is 331 g/mol. The summed E-state index contributed by atoms with van der Waals surface area (Å²) >= 11 is 1.16. The van der Waals surface area contributed by atoms with Crippen LogP contribution in [0.5, 0.6) is 0 Å². The molecule has 0 radical (unpaired) electrons. The van der Waals surface area contributed by atoms with Gasteiger partial charge in [-0.2, -0.15) is 0 Å². The Hall–Kier alpha value is -2.41.